The van der Waals surface area contributed by atoms with Gasteiger partial charge in [-0.25, -0.2) is 9.97 Å². The van der Waals surface area contributed by atoms with Gasteiger partial charge >= 0.3 is 0 Å². The zero-order valence-electron chi connectivity index (χ0n) is 23.5. The minimum absolute atomic E-state index is 0.0745. The molecule has 41 heavy (non-hydrogen) atoms. The molecule has 3 aliphatic heterocycles. The molecule has 1 amide bonds. The van der Waals surface area contributed by atoms with E-state index in [9.17, 15) is 9.90 Å². The van der Waals surface area contributed by atoms with Crippen molar-refractivity contribution in [3.8, 4) is 0 Å². The van der Waals surface area contributed by atoms with Crippen LogP contribution in [0.2, 0.25) is 0 Å². The maximum atomic E-state index is 13.5. The number of aliphatic hydroxyl groups excluding tert-OH is 1. The van der Waals surface area contributed by atoms with Crippen LogP contribution in [0, 0.1) is 12.8 Å². The number of amides is 1. The Labute approximate surface area is 240 Å². The van der Waals surface area contributed by atoms with Gasteiger partial charge in [-0.1, -0.05) is 6.07 Å². The van der Waals surface area contributed by atoms with E-state index in [1.807, 2.05) is 17.0 Å². The Morgan fingerprint density at radius 2 is 1.88 bits per heavy atom. The van der Waals surface area contributed by atoms with E-state index in [0.29, 0.717) is 12.6 Å². The van der Waals surface area contributed by atoms with Crippen molar-refractivity contribution in [1.29, 1.82) is 0 Å². The normalized spacial score (nSPS) is 19.2. The highest BCUT2D eigenvalue weighted by atomic mass is 16.3. The zero-order chi connectivity index (χ0) is 27.9. The standard InChI is InChI=1S/C32H37N7O2/c1-20-14-24(28-6-7-29(40)37-36-28)16-27-30(20)34-19-35-31(27)39-11-8-22-4-5-23(15-25(22)18-39)32(41)38-12-9-26(10-13-38)33-17-21-2-3-21/h4-7,14-16,19,21,26,33,36-37,40H,2-3,8-13,17-18H2,1H3. The third-order valence-electron chi connectivity index (χ3n) is 8.89. The monoisotopic (exact) mass is 551 g/mol. The number of aryl methyl sites for hydroxylation is 1. The fourth-order valence-electron chi connectivity index (χ4n) is 6.28. The van der Waals surface area contributed by atoms with Crippen LogP contribution in [0.15, 0.2) is 54.7 Å². The molecule has 2 fully saturated rings. The number of hydrazine groups is 1. The van der Waals surface area contributed by atoms with Crippen molar-refractivity contribution < 1.29 is 9.90 Å². The van der Waals surface area contributed by atoms with Gasteiger partial charge in [-0.05, 0) is 98.5 Å². The van der Waals surface area contributed by atoms with Crippen LogP contribution in [-0.4, -0.2) is 58.1 Å². The van der Waals surface area contributed by atoms with Gasteiger partial charge in [-0.3, -0.25) is 15.6 Å². The maximum absolute atomic E-state index is 13.5. The summed E-state index contributed by atoms with van der Waals surface area (Å²) < 4.78 is 0. The van der Waals surface area contributed by atoms with Crippen LogP contribution in [0.4, 0.5) is 5.82 Å². The average Bonchev–Trinajstić information content (AvgIpc) is 3.84. The largest absolute Gasteiger partial charge is 0.494 e. The molecule has 212 valence electrons. The summed E-state index contributed by atoms with van der Waals surface area (Å²) in [5.41, 5.74) is 12.9. The number of piperidine rings is 1. The molecule has 4 aliphatic rings. The highest BCUT2D eigenvalue weighted by molar-refractivity contribution is 5.95. The number of hydrogen-bond donors (Lipinski definition) is 4. The van der Waals surface area contributed by atoms with E-state index >= 15 is 0 Å². The van der Waals surface area contributed by atoms with Gasteiger partial charge < -0.3 is 20.2 Å². The van der Waals surface area contributed by atoms with Gasteiger partial charge in [-0.15, -0.1) is 0 Å². The summed E-state index contributed by atoms with van der Waals surface area (Å²) in [4.78, 5) is 27.1. The Hall–Kier alpha value is -4.11. The van der Waals surface area contributed by atoms with Crippen molar-refractivity contribution in [2.45, 2.75) is 51.6 Å². The minimum atomic E-state index is 0.0745. The zero-order valence-corrected chi connectivity index (χ0v) is 23.5. The molecule has 0 bridgehead atoms. The van der Waals surface area contributed by atoms with Crippen molar-refractivity contribution in [2.24, 2.45) is 5.92 Å². The number of anilines is 1. The number of hydrogen-bond acceptors (Lipinski definition) is 8. The number of fused-ring (bicyclic) bond motifs is 2. The second kappa shape index (κ2) is 10.7. The molecule has 0 radical (unpaired) electrons. The summed E-state index contributed by atoms with van der Waals surface area (Å²) in [6, 6.07) is 11.0. The number of likely N-dealkylation sites (tertiary alicyclic amines) is 1. The fraction of sp³-hybridized carbons (Fsp3) is 0.406. The molecule has 3 aromatic rings. The van der Waals surface area contributed by atoms with Crippen LogP contribution in [0.3, 0.4) is 0 Å². The summed E-state index contributed by atoms with van der Waals surface area (Å²) in [6.45, 7) is 6.36. The molecule has 4 N–H and O–H groups in total. The van der Waals surface area contributed by atoms with Gasteiger partial charge in [-0.2, -0.15) is 0 Å². The number of benzene rings is 2. The Kier molecular flexibility index (Phi) is 6.74. The number of aliphatic hydroxyl groups is 1. The molecule has 1 saturated heterocycles. The second-order valence-corrected chi connectivity index (χ2v) is 11.8. The SMILES string of the molecule is Cc1cc(C2=CC=C(O)NN2)cc2c(N3CCc4ccc(C(=O)N5CCC(NCC6CC6)CC5)cc4C3)ncnc12. The summed E-state index contributed by atoms with van der Waals surface area (Å²) >= 11 is 0. The number of carbonyl (C=O) groups is 1. The number of allylic oxidation sites excluding steroid dienone is 2. The summed E-state index contributed by atoms with van der Waals surface area (Å²) in [5.74, 6) is 1.99. The molecular formula is C32H37N7O2. The topological polar surface area (TPSA) is 106 Å². The smallest absolute Gasteiger partial charge is 0.253 e. The van der Waals surface area contributed by atoms with Gasteiger partial charge in [0.2, 0.25) is 5.88 Å². The third kappa shape index (κ3) is 5.34. The number of rotatable bonds is 6. The van der Waals surface area contributed by atoms with Crippen molar-refractivity contribution in [2.75, 3.05) is 31.1 Å². The second-order valence-electron chi connectivity index (χ2n) is 11.8. The number of aromatic nitrogens is 2. The van der Waals surface area contributed by atoms with Gasteiger partial charge in [0.25, 0.3) is 5.91 Å². The molecule has 1 saturated carbocycles. The van der Waals surface area contributed by atoms with Crippen LogP contribution in [0.25, 0.3) is 16.6 Å². The highest BCUT2D eigenvalue weighted by Gasteiger charge is 2.28. The van der Waals surface area contributed by atoms with E-state index < -0.39 is 0 Å². The van der Waals surface area contributed by atoms with Gasteiger partial charge in [0.15, 0.2) is 0 Å². The van der Waals surface area contributed by atoms with E-state index in [2.05, 4.69) is 57.2 Å². The lowest BCUT2D eigenvalue weighted by Crippen LogP contribution is -2.45. The molecule has 4 heterocycles. The minimum Gasteiger partial charge on any atom is -0.494 e. The van der Waals surface area contributed by atoms with E-state index in [1.165, 1.54) is 24.0 Å². The Morgan fingerprint density at radius 1 is 1.02 bits per heavy atom. The third-order valence-corrected chi connectivity index (χ3v) is 8.89. The van der Waals surface area contributed by atoms with Crippen LogP contribution < -0.4 is 21.1 Å². The van der Waals surface area contributed by atoms with Gasteiger partial charge in [0, 0.05) is 54.8 Å². The lowest BCUT2D eigenvalue weighted by atomic mass is 9.95. The maximum Gasteiger partial charge on any atom is 0.253 e. The van der Waals surface area contributed by atoms with Crippen LogP contribution in [-0.2, 0) is 13.0 Å². The van der Waals surface area contributed by atoms with Crippen molar-refractivity contribution in [1.82, 2.24) is 31.0 Å². The highest BCUT2D eigenvalue weighted by Crippen LogP contribution is 2.33. The lowest BCUT2D eigenvalue weighted by molar-refractivity contribution is 0.0705. The Morgan fingerprint density at radius 3 is 2.66 bits per heavy atom. The van der Waals surface area contributed by atoms with Crippen LogP contribution >= 0.6 is 0 Å². The summed E-state index contributed by atoms with van der Waals surface area (Å²) in [5, 5.41) is 14.4. The molecule has 2 aromatic carbocycles. The first-order chi connectivity index (χ1) is 20.0. The molecule has 0 atom stereocenters. The molecule has 7 rings (SSSR count). The van der Waals surface area contributed by atoms with Crippen molar-refractivity contribution in [3.63, 3.8) is 0 Å². The predicted molar refractivity (Wildman–Crippen MR) is 160 cm³/mol. The van der Waals surface area contributed by atoms with E-state index in [-0.39, 0.29) is 11.8 Å². The molecule has 1 aromatic heterocycles. The first-order valence-corrected chi connectivity index (χ1v) is 14.8. The number of carbonyl (C=O) groups excluding carboxylic acids is 1. The van der Waals surface area contributed by atoms with E-state index in [4.69, 9.17) is 4.98 Å². The summed E-state index contributed by atoms with van der Waals surface area (Å²) in [7, 11) is 0. The fourth-order valence-corrected chi connectivity index (χ4v) is 6.28. The Balaban J connectivity index is 1.10. The van der Waals surface area contributed by atoms with E-state index in [1.54, 1.807) is 12.4 Å². The molecule has 1 aliphatic carbocycles. The van der Waals surface area contributed by atoms with Gasteiger partial charge in [0.1, 0.15) is 12.1 Å². The number of nitrogens with zero attached hydrogens (tertiary/aromatic N) is 4. The predicted octanol–water partition coefficient (Wildman–Crippen LogP) is 3.95. The Bertz CT molecular complexity index is 1550. The van der Waals surface area contributed by atoms with Crippen molar-refractivity contribution >= 4 is 28.3 Å². The van der Waals surface area contributed by atoms with Crippen LogP contribution in [0.1, 0.15) is 58.3 Å². The molecule has 9 nitrogen and oxygen atoms in total. The molecule has 9 heteroatoms. The quantitative estimate of drug-likeness (QED) is 0.365. The average molecular weight is 552 g/mol. The van der Waals surface area contributed by atoms with Gasteiger partial charge in [0.05, 0.1) is 11.2 Å². The molecular weight excluding hydrogens is 514 g/mol. The van der Waals surface area contributed by atoms with E-state index in [0.717, 1.165) is 90.5 Å². The van der Waals surface area contributed by atoms with Crippen molar-refractivity contribution in [3.05, 3.63) is 82.5 Å². The van der Waals surface area contributed by atoms with Crippen LogP contribution in [0.5, 0.6) is 0 Å². The summed E-state index contributed by atoms with van der Waals surface area (Å²) in [6.07, 6.45) is 10.8. The first-order valence-electron chi connectivity index (χ1n) is 14.8. The first kappa shape index (κ1) is 25.8. The molecule has 0 spiro atoms. The molecule has 0 unspecified atom stereocenters. The lowest BCUT2D eigenvalue weighted by Gasteiger charge is -2.33. The number of nitrogens with one attached hydrogen (secondary N) is 3.